The van der Waals surface area contributed by atoms with Crippen LogP contribution in [0.4, 0.5) is 5.69 Å². The Kier molecular flexibility index (Phi) is 5.95. The van der Waals surface area contributed by atoms with Gasteiger partial charge in [-0.1, -0.05) is 18.2 Å². The Balaban J connectivity index is 2.01. The van der Waals surface area contributed by atoms with Gasteiger partial charge in [-0.3, -0.25) is 4.79 Å². The molecule has 2 aromatic rings. The van der Waals surface area contributed by atoms with E-state index in [2.05, 4.69) is 5.32 Å². The lowest BCUT2D eigenvalue weighted by Gasteiger charge is -2.15. The monoisotopic (exact) mass is 327 g/mol. The van der Waals surface area contributed by atoms with Gasteiger partial charge in [0.25, 0.3) is 5.91 Å². The molecule has 0 saturated carbocycles. The molecule has 0 bridgehead atoms. The fourth-order valence-electron chi connectivity index (χ4n) is 2.13. The van der Waals surface area contributed by atoms with Crippen LogP contribution in [0.1, 0.15) is 29.8 Å². The van der Waals surface area contributed by atoms with Gasteiger partial charge in [-0.25, -0.2) is 4.79 Å². The maximum absolute atomic E-state index is 12.3. The number of esters is 1. The third-order valence-corrected chi connectivity index (χ3v) is 3.31. The van der Waals surface area contributed by atoms with E-state index >= 15 is 0 Å². The van der Waals surface area contributed by atoms with E-state index in [0.29, 0.717) is 23.6 Å². The number of amides is 1. The summed E-state index contributed by atoms with van der Waals surface area (Å²) in [5, 5.41) is 2.74. The highest BCUT2D eigenvalue weighted by molar-refractivity contribution is 5.96. The van der Waals surface area contributed by atoms with Gasteiger partial charge in [-0.05, 0) is 56.7 Å². The predicted molar refractivity (Wildman–Crippen MR) is 92.3 cm³/mol. The first-order valence-corrected chi connectivity index (χ1v) is 7.81. The van der Waals surface area contributed by atoms with Gasteiger partial charge in [-0.15, -0.1) is 0 Å². The normalized spacial score (nSPS) is 11.5. The van der Waals surface area contributed by atoms with E-state index in [1.165, 1.54) is 0 Å². The quantitative estimate of drug-likeness (QED) is 0.824. The maximum atomic E-state index is 12.3. The van der Waals surface area contributed by atoms with Crippen molar-refractivity contribution >= 4 is 17.6 Å². The molecule has 24 heavy (non-hydrogen) atoms. The van der Waals surface area contributed by atoms with E-state index in [1.807, 2.05) is 25.1 Å². The topological polar surface area (TPSA) is 64.6 Å². The summed E-state index contributed by atoms with van der Waals surface area (Å²) in [6, 6.07) is 14.1. The average molecular weight is 327 g/mol. The molecule has 0 aliphatic heterocycles. The van der Waals surface area contributed by atoms with Crippen molar-refractivity contribution in [2.45, 2.75) is 26.9 Å². The second-order valence-corrected chi connectivity index (χ2v) is 5.37. The number of hydrogen-bond acceptors (Lipinski definition) is 4. The zero-order valence-corrected chi connectivity index (χ0v) is 14.0. The first-order valence-electron chi connectivity index (χ1n) is 7.81. The van der Waals surface area contributed by atoms with Crippen molar-refractivity contribution in [3.63, 3.8) is 0 Å². The Morgan fingerprint density at radius 3 is 2.58 bits per heavy atom. The molecule has 0 spiro atoms. The third kappa shape index (κ3) is 4.84. The number of hydrogen-bond donors (Lipinski definition) is 1. The number of rotatable bonds is 6. The van der Waals surface area contributed by atoms with Crippen LogP contribution >= 0.6 is 0 Å². The van der Waals surface area contributed by atoms with Crippen molar-refractivity contribution in [3.8, 4) is 5.75 Å². The number of anilines is 1. The van der Waals surface area contributed by atoms with Gasteiger partial charge in [0, 0.05) is 5.69 Å². The zero-order valence-electron chi connectivity index (χ0n) is 14.0. The summed E-state index contributed by atoms with van der Waals surface area (Å²) < 4.78 is 10.6. The van der Waals surface area contributed by atoms with Crippen molar-refractivity contribution < 1.29 is 19.1 Å². The van der Waals surface area contributed by atoms with Crippen molar-refractivity contribution in [3.05, 3.63) is 59.7 Å². The Morgan fingerprint density at radius 1 is 1.12 bits per heavy atom. The minimum absolute atomic E-state index is 0.294. The Morgan fingerprint density at radius 2 is 1.88 bits per heavy atom. The smallest absolute Gasteiger partial charge is 0.338 e. The van der Waals surface area contributed by atoms with Crippen LogP contribution in [0.25, 0.3) is 0 Å². The summed E-state index contributed by atoms with van der Waals surface area (Å²) in [7, 11) is 0. The van der Waals surface area contributed by atoms with Gasteiger partial charge < -0.3 is 14.8 Å². The summed E-state index contributed by atoms with van der Waals surface area (Å²) in [6.07, 6.45) is -0.668. The van der Waals surface area contributed by atoms with Crippen LogP contribution in [0, 0.1) is 6.92 Å². The van der Waals surface area contributed by atoms with Crippen LogP contribution in [0.2, 0.25) is 0 Å². The third-order valence-electron chi connectivity index (χ3n) is 3.31. The summed E-state index contributed by atoms with van der Waals surface area (Å²) in [5.41, 5.74) is 1.97. The SMILES string of the molecule is CCOC(=O)c1cccc(NC(=O)[C@H](C)Oc2cccc(C)c2)c1. The Hall–Kier alpha value is -2.82. The molecular formula is C19H21NO4. The predicted octanol–water partition coefficient (Wildman–Crippen LogP) is 3.58. The van der Waals surface area contributed by atoms with Crippen molar-refractivity contribution in [2.75, 3.05) is 11.9 Å². The highest BCUT2D eigenvalue weighted by atomic mass is 16.5. The van der Waals surface area contributed by atoms with E-state index in [4.69, 9.17) is 9.47 Å². The van der Waals surface area contributed by atoms with Crippen molar-refractivity contribution in [2.24, 2.45) is 0 Å². The van der Waals surface area contributed by atoms with E-state index < -0.39 is 12.1 Å². The van der Waals surface area contributed by atoms with Gasteiger partial charge in [0.2, 0.25) is 0 Å². The molecule has 1 amide bonds. The second-order valence-electron chi connectivity index (χ2n) is 5.37. The first kappa shape index (κ1) is 17.5. The van der Waals surface area contributed by atoms with Gasteiger partial charge in [0.15, 0.2) is 6.10 Å². The number of ether oxygens (including phenoxy) is 2. The van der Waals surface area contributed by atoms with Crippen LogP contribution in [0.3, 0.4) is 0 Å². The summed E-state index contributed by atoms with van der Waals surface area (Å²) in [6.45, 7) is 5.68. The maximum Gasteiger partial charge on any atom is 0.338 e. The lowest BCUT2D eigenvalue weighted by Crippen LogP contribution is -2.30. The molecule has 5 nitrogen and oxygen atoms in total. The molecule has 0 aliphatic rings. The number of carbonyl (C=O) groups is 2. The minimum Gasteiger partial charge on any atom is -0.481 e. The Bertz CT molecular complexity index is 727. The van der Waals surface area contributed by atoms with Crippen molar-refractivity contribution in [1.82, 2.24) is 0 Å². The molecule has 0 aromatic heterocycles. The molecule has 0 fully saturated rings. The lowest BCUT2D eigenvalue weighted by molar-refractivity contribution is -0.122. The van der Waals surface area contributed by atoms with Crippen LogP contribution < -0.4 is 10.1 Å². The van der Waals surface area contributed by atoms with E-state index in [-0.39, 0.29) is 5.91 Å². The van der Waals surface area contributed by atoms with Gasteiger partial charge in [-0.2, -0.15) is 0 Å². The van der Waals surface area contributed by atoms with E-state index in [0.717, 1.165) is 5.56 Å². The lowest BCUT2D eigenvalue weighted by atomic mass is 10.2. The minimum atomic E-state index is -0.668. The molecule has 126 valence electrons. The van der Waals surface area contributed by atoms with Crippen LogP contribution in [-0.4, -0.2) is 24.6 Å². The molecule has 0 heterocycles. The fourth-order valence-corrected chi connectivity index (χ4v) is 2.13. The summed E-state index contributed by atoms with van der Waals surface area (Å²) in [5.74, 6) is -0.0758. The van der Waals surface area contributed by atoms with Crippen LogP contribution in [0.15, 0.2) is 48.5 Å². The number of carbonyl (C=O) groups excluding carboxylic acids is 2. The second kappa shape index (κ2) is 8.15. The molecule has 2 aromatic carbocycles. The largest absolute Gasteiger partial charge is 0.481 e. The number of aryl methyl sites for hydroxylation is 1. The molecule has 0 saturated heterocycles. The summed E-state index contributed by atoms with van der Waals surface area (Å²) >= 11 is 0. The Labute approximate surface area is 141 Å². The zero-order chi connectivity index (χ0) is 17.5. The molecule has 0 aliphatic carbocycles. The number of benzene rings is 2. The average Bonchev–Trinajstić information content (AvgIpc) is 2.55. The van der Waals surface area contributed by atoms with Gasteiger partial charge in [0.1, 0.15) is 5.75 Å². The fraction of sp³-hybridized carbons (Fsp3) is 0.263. The molecule has 0 radical (unpaired) electrons. The number of nitrogens with one attached hydrogen (secondary N) is 1. The molecule has 1 N–H and O–H groups in total. The van der Waals surface area contributed by atoms with Crippen LogP contribution in [-0.2, 0) is 9.53 Å². The highest BCUT2D eigenvalue weighted by Gasteiger charge is 2.16. The van der Waals surface area contributed by atoms with Gasteiger partial charge in [0.05, 0.1) is 12.2 Å². The molecule has 2 rings (SSSR count). The van der Waals surface area contributed by atoms with Gasteiger partial charge >= 0.3 is 5.97 Å². The molecule has 1 atom stereocenters. The highest BCUT2D eigenvalue weighted by Crippen LogP contribution is 2.16. The summed E-state index contributed by atoms with van der Waals surface area (Å²) in [4.78, 5) is 24.0. The van der Waals surface area contributed by atoms with E-state index in [1.54, 1.807) is 44.2 Å². The molecular weight excluding hydrogens is 306 g/mol. The van der Waals surface area contributed by atoms with Crippen molar-refractivity contribution in [1.29, 1.82) is 0 Å². The van der Waals surface area contributed by atoms with E-state index in [9.17, 15) is 9.59 Å². The molecule has 0 unspecified atom stereocenters. The first-order chi connectivity index (χ1) is 11.5. The molecule has 5 heteroatoms. The standard InChI is InChI=1S/C19H21NO4/c1-4-23-19(22)15-8-6-9-16(12-15)20-18(21)14(3)24-17-10-5-7-13(2)11-17/h5-12,14H,4H2,1-3H3,(H,20,21)/t14-/m0/s1. The van der Waals surface area contributed by atoms with Crippen LogP contribution in [0.5, 0.6) is 5.75 Å².